The van der Waals surface area contributed by atoms with Crippen molar-refractivity contribution in [3.05, 3.63) is 186 Å². The zero-order valence-corrected chi connectivity index (χ0v) is 36.9. The number of fused-ring (bicyclic) bond motifs is 10. The second-order valence-electron chi connectivity index (χ2n) is 17.6. The van der Waals surface area contributed by atoms with Crippen LogP contribution in [0.25, 0.3) is 68.2 Å². The van der Waals surface area contributed by atoms with Gasteiger partial charge in [0, 0.05) is 52.2 Å². The van der Waals surface area contributed by atoms with Crippen molar-refractivity contribution in [3.63, 3.8) is 0 Å². The molecule has 4 aliphatic rings. The van der Waals surface area contributed by atoms with Gasteiger partial charge in [0.25, 0.3) is 0 Å². The molecular formula is C56H41O3PS2. The molecule has 300 valence electrons. The molecule has 0 radical (unpaired) electrons. The van der Waals surface area contributed by atoms with Crippen molar-refractivity contribution in [3.8, 4) is 33.8 Å². The van der Waals surface area contributed by atoms with Crippen LogP contribution in [-0.4, -0.2) is 0 Å². The molecule has 62 heavy (non-hydrogen) atoms. The van der Waals surface area contributed by atoms with Crippen LogP contribution >= 0.6 is 29.8 Å². The number of thiophene rings is 2. The molecule has 0 fully saturated rings. The van der Waals surface area contributed by atoms with Gasteiger partial charge in [0.15, 0.2) is 7.14 Å². The Hall–Kier alpha value is -5.97. The summed E-state index contributed by atoms with van der Waals surface area (Å²) in [6.07, 6.45) is 7.49. The average molecular weight is 857 g/mol. The molecule has 0 amide bonds. The van der Waals surface area contributed by atoms with Gasteiger partial charge in [-0.15, -0.1) is 22.7 Å². The molecule has 0 spiro atoms. The fourth-order valence-electron chi connectivity index (χ4n) is 10.7. The van der Waals surface area contributed by atoms with E-state index in [1.165, 1.54) is 62.6 Å². The van der Waals surface area contributed by atoms with Crippen molar-refractivity contribution in [1.29, 1.82) is 0 Å². The SMILES string of the molecule is CC1CC(c2ccc3c(c2)OC2=C4C(=CCC2C)Oc2cc(-c5cccc(-c6cccc7c6sc6ccccc67)c5)ccc2P43=O)=CC(c2cccc3c2sc2ccccc23)C1. The maximum atomic E-state index is 16.2. The Morgan fingerprint density at radius 3 is 2.03 bits per heavy atom. The average Bonchev–Trinajstić information content (AvgIpc) is 3.88. The Kier molecular flexibility index (Phi) is 8.14. The first-order chi connectivity index (χ1) is 30.4. The van der Waals surface area contributed by atoms with Gasteiger partial charge >= 0.3 is 0 Å². The Morgan fingerprint density at radius 1 is 0.597 bits per heavy atom. The topological polar surface area (TPSA) is 35.5 Å². The lowest BCUT2D eigenvalue weighted by Gasteiger charge is -2.39. The van der Waals surface area contributed by atoms with Crippen LogP contribution in [0.4, 0.5) is 0 Å². The van der Waals surface area contributed by atoms with Crippen molar-refractivity contribution < 1.29 is 14.0 Å². The van der Waals surface area contributed by atoms with Crippen LogP contribution in [0.1, 0.15) is 50.2 Å². The maximum Gasteiger partial charge on any atom is 0.185 e. The predicted octanol–water partition coefficient (Wildman–Crippen LogP) is 15.6. The molecule has 2 aromatic heterocycles. The largest absolute Gasteiger partial charge is 0.460 e. The number of hydrogen-bond donors (Lipinski definition) is 0. The summed E-state index contributed by atoms with van der Waals surface area (Å²) in [7, 11) is -3.35. The van der Waals surface area contributed by atoms with Crippen molar-refractivity contribution in [2.75, 3.05) is 0 Å². The third-order valence-corrected chi connectivity index (χ3v) is 19.3. The van der Waals surface area contributed by atoms with Gasteiger partial charge < -0.3 is 14.0 Å². The van der Waals surface area contributed by atoms with Crippen LogP contribution < -0.4 is 20.1 Å². The molecule has 4 unspecified atom stereocenters. The highest BCUT2D eigenvalue weighted by Crippen LogP contribution is 2.66. The number of allylic oxidation sites excluding steroid dienone is 5. The Morgan fingerprint density at radius 2 is 1.23 bits per heavy atom. The molecular weight excluding hydrogens is 816 g/mol. The molecule has 0 saturated heterocycles. The normalized spacial score (nSPS) is 21.5. The molecule has 0 saturated carbocycles. The number of rotatable bonds is 4. The molecule has 4 atom stereocenters. The standard InChI is InChI=1S/C56H41O3PS2/c1-32-26-38(29-39(27-32)41-15-9-17-45-43-13-4-6-19-52(43)62-56(41)45)36-22-25-50-48(31-36)59-53-33(2)20-23-46-54(53)60(50,57)49-24-21-35(30-47(49)58-46)34-10-7-11-37(28-34)40-14-8-16-44-42-12-3-5-18-51(42)61-55(40)44/h3-19,21-25,28-33,39H,20,26-27H2,1-2H3. The summed E-state index contributed by atoms with van der Waals surface area (Å²) < 4.78 is 35.2. The van der Waals surface area contributed by atoms with Crippen molar-refractivity contribution in [1.82, 2.24) is 0 Å². The lowest BCUT2D eigenvalue weighted by Crippen LogP contribution is -2.34. The Labute approximate surface area is 368 Å². The summed E-state index contributed by atoms with van der Waals surface area (Å²) in [5.74, 6) is 3.73. The van der Waals surface area contributed by atoms with Gasteiger partial charge in [0.2, 0.25) is 0 Å². The van der Waals surface area contributed by atoms with E-state index in [0.717, 1.165) is 57.6 Å². The fourth-order valence-corrected chi connectivity index (χ4v) is 16.4. The lowest BCUT2D eigenvalue weighted by atomic mass is 9.78. The van der Waals surface area contributed by atoms with Crippen LogP contribution in [0.5, 0.6) is 11.5 Å². The first kappa shape index (κ1) is 36.7. The van der Waals surface area contributed by atoms with Crippen molar-refractivity contribution in [2.24, 2.45) is 11.8 Å². The van der Waals surface area contributed by atoms with E-state index < -0.39 is 7.14 Å². The van der Waals surface area contributed by atoms with E-state index in [0.29, 0.717) is 29.1 Å². The number of hydrogen-bond acceptors (Lipinski definition) is 5. The fraction of sp³-hybridized carbons (Fsp3) is 0.143. The van der Waals surface area contributed by atoms with E-state index in [1.807, 2.05) is 22.7 Å². The third kappa shape index (κ3) is 5.45. The van der Waals surface area contributed by atoms with E-state index in [4.69, 9.17) is 9.47 Å². The molecule has 0 N–H and O–H groups in total. The van der Waals surface area contributed by atoms with Crippen LogP contribution in [0.3, 0.4) is 0 Å². The third-order valence-electron chi connectivity index (χ3n) is 13.7. The summed E-state index contributed by atoms with van der Waals surface area (Å²) >= 11 is 3.76. The second kappa shape index (κ2) is 13.8. The molecule has 2 aliphatic carbocycles. The monoisotopic (exact) mass is 856 g/mol. The second-order valence-corrected chi connectivity index (χ2v) is 22.4. The van der Waals surface area contributed by atoms with Gasteiger partial charge in [-0.1, -0.05) is 123 Å². The minimum absolute atomic E-state index is 0.0801. The summed E-state index contributed by atoms with van der Waals surface area (Å²) in [5.41, 5.74) is 8.41. The van der Waals surface area contributed by atoms with Crippen molar-refractivity contribution >= 4 is 86.3 Å². The highest BCUT2D eigenvalue weighted by atomic mass is 32.1. The van der Waals surface area contributed by atoms with E-state index in [1.54, 1.807) is 0 Å². The van der Waals surface area contributed by atoms with Crippen LogP contribution in [-0.2, 0) is 4.57 Å². The molecule has 6 heteroatoms. The van der Waals surface area contributed by atoms with Gasteiger partial charge in [-0.05, 0) is 113 Å². The van der Waals surface area contributed by atoms with E-state index in [9.17, 15) is 0 Å². The van der Waals surface area contributed by atoms with Gasteiger partial charge in [0.05, 0.1) is 10.6 Å². The smallest absolute Gasteiger partial charge is 0.185 e. The van der Waals surface area contributed by atoms with Crippen LogP contribution in [0.15, 0.2) is 175 Å². The molecule has 13 rings (SSSR count). The minimum Gasteiger partial charge on any atom is -0.460 e. The highest BCUT2D eigenvalue weighted by molar-refractivity contribution is 7.83. The predicted molar refractivity (Wildman–Crippen MR) is 262 cm³/mol. The zero-order valence-electron chi connectivity index (χ0n) is 34.4. The molecule has 0 bridgehead atoms. The number of ether oxygens (including phenoxy) is 2. The van der Waals surface area contributed by atoms with Gasteiger partial charge in [-0.2, -0.15) is 0 Å². The minimum atomic E-state index is -3.35. The zero-order chi connectivity index (χ0) is 41.3. The van der Waals surface area contributed by atoms with E-state index in [2.05, 4.69) is 172 Å². The van der Waals surface area contributed by atoms with Crippen LogP contribution in [0, 0.1) is 11.8 Å². The number of benzene rings is 7. The Bertz CT molecular complexity index is 3540. The maximum absolute atomic E-state index is 16.2. The highest BCUT2D eigenvalue weighted by Gasteiger charge is 2.50. The Balaban J connectivity index is 0.891. The quantitative estimate of drug-likeness (QED) is 0.165. The summed E-state index contributed by atoms with van der Waals surface area (Å²) in [6.45, 7) is 4.55. The van der Waals surface area contributed by atoms with Gasteiger partial charge in [-0.25, -0.2) is 0 Å². The van der Waals surface area contributed by atoms with Gasteiger partial charge in [-0.3, -0.25) is 0 Å². The molecule has 3 nitrogen and oxygen atoms in total. The van der Waals surface area contributed by atoms with Crippen molar-refractivity contribution in [2.45, 2.75) is 39.0 Å². The summed E-state index contributed by atoms with van der Waals surface area (Å²) in [6, 6.07) is 52.4. The van der Waals surface area contributed by atoms with E-state index in [-0.39, 0.29) is 5.92 Å². The van der Waals surface area contributed by atoms with Crippen LogP contribution in [0.2, 0.25) is 0 Å². The van der Waals surface area contributed by atoms with Gasteiger partial charge in [0.1, 0.15) is 28.3 Å². The first-order valence-electron chi connectivity index (χ1n) is 21.7. The first-order valence-corrected chi connectivity index (χ1v) is 25.1. The molecule has 9 aromatic rings. The summed E-state index contributed by atoms with van der Waals surface area (Å²) in [5, 5.41) is 7.50. The molecule has 2 aliphatic heterocycles. The molecule has 4 heterocycles. The van der Waals surface area contributed by atoms with E-state index >= 15 is 4.57 Å². The lowest BCUT2D eigenvalue weighted by molar-refractivity contribution is 0.332. The molecule has 7 aromatic carbocycles. The summed E-state index contributed by atoms with van der Waals surface area (Å²) in [4.78, 5) is 0.